The Labute approximate surface area is 119 Å². The van der Waals surface area contributed by atoms with Crippen LogP contribution in [0.4, 0.5) is 0 Å². The summed E-state index contributed by atoms with van der Waals surface area (Å²) in [6, 6.07) is 10.2. The standard InChI is InChI=1S/C16H19ClN2/c1-5-11-6-8-12(9-7-11)13-10-14(17)19-15(18-13)16(2,3)4/h6-10H,5H2,1-4H3. The Morgan fingerprint density at radius 3 is 2.21 bits per heavy atom. The Morgan fingerprint density at radius 2 is 1.68 bits per heavy atom. The summed E-state index contributed by atoms with van der Waals surface area (Å²) in [6.45, 7) is 8.40. The van der Waals surface area contributed by atoms with Gasteiger partial charge < -0.3 is 0 Å². The lowest BCUT2D eigenvalue weighted by molar-refractivity contribution is 0.546. The number of rotatable bonds is 2. The Hall–Kier alpha value is -1.41. The first-order valence-corrected chi connectivity index (χ1v) is 6.92. The van der Waals surface area contributed by atoms with Crippen LogP contribution >= 0.6 is 11.6 Å². The van der Waals surface area contributed by atoms with E-state index in [9.17, 15) is 0 Å². The van der Waals surface area contributed by atoms with Gasteiger partial charge in [0, 0.05) is 17.0 Å². The summed E-state index contributed by atoms with van der Waals surface area (Å²) < 4.78 is 0. The van der Waals surface area contributed by atoms with E-state index in [4.69, 9.17) is 11.6 Å². The second kappa shape index (κ2) is 5.30. The molecule has 19 heavy (non-hydrogen) atoms. The van der Waals surface area contributed by atoms with Gasteiger partial charge in [-0.3, -0.25) is 0 Å². The number of hydrogen-bond donors (Lipinski definition) is 0. The van der Waals surface area contributed by atoms with Crippen molar-refractivity contribution in [1.29, 1.82) is 0 Å². The fourth-order valence-corrected chi connectivity index (χ4v) is 2.00. The predicted molar refractivity (Wildman–Crippen MR) is 80.6 cm³/mol. The molecule has 0 spiro atoms. The highest BCUT2D eigenvalue weighted by atomic mass is 35.5. The van der Waals surface area contributed by atoms with Gasteiger partial charge in [0.05, 0.1) is 5.69 Å². The molecule has 100 valence electrons. The molecule has 0 fully saturated rings. The first-order valence-electron chi connectivity index (χ1n) is 6.54. The molecule has 2 aromatic rings. The van der Waals surface area contributed by atoms with Crippen LogP contribution in [0.3, 0.4) is 0 Å². The van der Waals surface area contributed by atoms with Crippen LogP contribution in [-0.2, 0) is 11.8 Å². The van der Waals surface area contributed by atoms with Crippen molar-refractivity contribution in [3.63, 3.8) is 0 Å². The molecule has 2 rings (SSSR count). The molecule has 0 saturated carbocycles. The first kappa shape index (κ1) is 14.0. The maximum absolute atomic E-state index is 6.11. The SMILES string of the molecule is CCc1ccc(-c2cc(Cl)nc(C(C)(C)C)n2)cc1. The molecular weight excluding hydrogens is 256 g/mol. The Bertz CT molecular complexity index is 568. The molecule has 0 unspecified atom stereocenters. The second-order valence-electron chi connectivity index (χ2n) is 5.70. The van der Waals surface area contributed by atoms with Crippen molar-refractivity contribution in [3.8, 4) is 11.3 Å². The van der Waals surface area contributed by atoms with Crippen molar-refractivity contribution in [2.45, 2.75) is 39.5 Å². The van der Waals surface area contributed by atoms with Gasteiger partial charge in [-0.05, 0) is 12.0 Å². The van der Waals surface area contributed by atoms with E-state index in [0.717, 1.165) is 23.5 Å². The summed E-state index contributed by atoms with van der Waals surface area (Å²) in [5.74, 6) is 0.773. The van der Waals surface area contributed by atoms with Crippen LogP contribution in [0.25, 0.3) is 11.3 Å². The zero-order chi connectivity index (χ0) is 14.0. The lowest BCUT2D eigenvalue weighted by atomic mass is 9.95. The van der Waals surface area contributed by atoms with E-state index < -0.39 is 0 Å². The van der Waals surface area contributed by atoms with Crippen LogP contribution in [-0.4, -0.2) is 9.97 Å². The fraction of sp³-hybridized carbons (Fsp3) is 0.375. The number of aromatic nitrogens is 2. The maximum atomic E-state index is 6.11. The van der Waals surface area contributed by atoms with E-state index in [2.05, 4.69) is 61.9 Å². The van der Waals surface area contributed by atoms with Gasteiger partial charge in [0.15, 0.2) is 0 Å². The van der Waals surface area contributed by atoms with E-state index in [1.807, 2.05) is 6.07 Å². The second-order valence-corrected chi connectivity index (χ2v) is 6.09. The van der Waals surface area contributed by atoms with Gasteiger partial charge in [-0.2, -0.15) is 0 Å². The normalized spacial score (nSPS) is 11.6. The number of halogens is 1. The number of aryl methyl sites for hydroxylation is 1. The van der Waals surface area contributed by atoms with Gasteiger partial charge in [0.1, 0.15) is 11.0 Å². The molecule has 0 atom stereocenters. The molecule has 0 aliphatic rings. The molecule has 3 heteroatoms. The monoisotopic (exact) mass is 274 g/mol. The van der Waals surface area contributed by atoms with Crippen LogP contribution in [0.1, 0.15) is 39.1 Å². The average Bonchev–Trinajstić information content (AvgIpc) is 2.37. The minimum atomic E-state index is -0.108. The van der Waals surface area contributed by atoms with Crippen LogP contribution in [0, 0.1) is 0 Å². The molecule has 1 aromatic carbocycles. The van der Waals surface area contributed by atoms with Crippen LogP contribution in [0.5, 0.6) is 0 Å². The van der Waals surface area contributed by atoms with Crippen LogP contribution < -0.4 is 0 Å². The minimum Gasteiger partial charge on any atom is -0.232 e. The van der Waals surface area contributed by atoms with Gasteiger partial charge in [-0.25, -0.2) is 9.97 Å². The van der Waals surface area contributed by atoms with Gasteiger partial charge in [0.2, 0.25) is 0 Å². The zero-order valence-corrected chi connectivity index (χ0v) is 12.6. The molecule has 0 aliphatic carbocycles. The summed E-state index contributed by atoms with van der Waals surface area (Å²) in [4.78, 5) is 8.95. The van der Waals surface area contributed by atoms with E-state index in [-0.39, 0.29) is 5.41 Å². The molecule has 0 N–H and O–H groups in total. The molecule has 0 radical (unpaired) electrons. The number of hydrogen-bond acceptors (Lipinski definition) is 2. The third-order valence-electron chi connectivity index (χ3n) is 3.02. The zero-order valence-electron chi connectivity index (χ0n) is 11.9. The van der Waals surface area contributed by atoms with Gasteiger partial charge in [-0.1, -0.05) is 63.6 Å². The average molecular weight is 275 g/mol. The third-order valence-corrected chi connectivity index (χ3v) is 3.22. The van der Waals surface area contributed by atoms with Crippen molar-refractivity contribution >= 4 is 11.6 Å². The lowest BCUT2D eigenvalue weighted by Crippen LogP contribution is -2.16. The van der Waals surface area contributed by atoms with Crippen molar-refractivity contribution in [2.24, 2.45) is 0 Å². The van der Waals surface area contributed by atoms with Gasteiger partial charge >= 0.3 is 0 Å². The van der Waals surface area contributed by atoms with Gasteiger partial charge in [0.25, 0.3) is 0 Å². The molecule has 0 bridgehead atoms. The summed E-state index contributed by atoms with van der Waals surface area (Å²) in [5.41, 5.74) is 3.17. The summed E-state index contributed by atoms with van der Waals surface area (Å²) in [7, 11) is 0. The summed E-state index contributed by atoms with van der Waals surface area (Å²) >= 11 is 6.11. The van der Waals surface area contributed by atoms with Crippen molar-refractivity contribution in [3.05, 3.63) is 46.9 Å². The quantitative estimate of drug-likeness (QED) is 0.745. The van der Waals surface area contributed by atoms with Crippen molar-refractivity contribution in [1.82, 2.24) is 9.97 Å². The molecule has 0 aliphatic heterocycles. The largest absolute Gasteiger partial charge is 0.232 e. The molecule has 0 saturated heterocycles. The Balaban J connectivity index is 2.46. The molecule has 1 heterocycles. The van der Waals surface area contributed by atoms with E-state index in [1.54, 1.807) is 0 Å². The summed E-state index contributed by atoms with van der Waals surface area (Å²) in [6.07, 6.45) is 1.04. The Morgan fingerprint density at radius 1 is 1.05 bits per heavy atom. The predicted octanol–water partition coefficient (Wildman–Crippen LogP) is 4.66. The minimum absolute atomic E-state index is 0.108. The van der Waals surface area contributed by atoms with E-state index >= 15 is 0 Å². The number of nitrogens with zero attached hydrogens (tertiary/aromatic N) is 2. The third kappa shape index (κ3) is 3.32. The lowest BCUT2D eigenvalue weighted by Gasteiger charge is -2.17. The number of benzene rings is 1. The maximum Gasteiger partial charge on any atom is 0.136 e. The van der Waals surface area contributed by atoms with Gasteiger partial charge in [-0.15, -0.1) is 0 Å². The molecule has 2 nitrogen and oxygen atoms in total. The Kier molecular flexibility index (Phi) is 3.91. The van der Waals surface area contributed by atoms with Crippen LogP contribution in [0.15, 0.2) is 30.3 Å². The molecule has 0 amide bonds. The van der Waals surface area contributed by atoms with Crippen molar-refractivity contribution in [2.75, 3.05) is 0 Å². The highest BCUT2D eigenvalue weighted by Crippen LogP contribution is 2.25. The molecular formula is C16H19ClN2. The van der Waals surface area contributed by atoms with E-state index in [0.29, 0.717) is 5.15 Å². The van der Waals surface area contributed by atoms with Crippen molar-refractivity contribution < 1.29 is 0 Å². The smallest absolute Gasteiger partial charge is 0.136 e. The van der Waals surface area contributed by atoms with E-state index in [1.165, 1.54) is 5.56 Å². The highest BCUT2D eigenvalue weighted by Gasteiger charge is 2.19. The molecule has 1 aromatic heterocycles. The summed E-state index contributed by atoms with van der Waals surface area (Å²) in [5, 5.41) is 0.495. The fourth-order valence-electron chi connectivity index (χ4n) is 1.81. The van der Waals surface area contributed by atoms with Crippen LogP contribution in [0.2, 0.25) is 5.15 Å². The topological polar surface area (TPSA) is 25.8 Å². The first-order chi connectivity index (χ1) is 8.90. The highest BCUT2D eigenvalue weighted by molar-refractivity contribution is 6.29.